The van der Waals surface area contributed by atoms with Crippen LogP contribution in [-0.2, 0) is 6.54 Å². The minimum Gasteiger partial charge on any atom is -0.323 e. The minimum atomic E-state index is 0.145. The first-order valence-electron chi connectivity index (χ1n) is 7.06. The molecule has 2 heteroatoms. The van der Waals surface area contributed by atoms with Gasteiger partial charge in [-0.25, -0.2) is 0 Å². The molecule has 0 amide bonds. The van der Waals surface area contributed by atoms with Crippen molar-refractivity contribution in [1.29, 1.82) is 0 Å². The second kappa shape index (κ2) is 4.07. The minimum absolute atomic E-state index is 0.145. The van der Waals surface area contributed by atoms with Crippen molar-refractivity contribution in [1.82, 2.24) is 4.90 Å². The van der Waals surface area contributed by atoms with E-state index in [1.807, 2.05) is 0 Å². The summed E-state index contributed by atoms with van der Waals surface area (Å²) >= 11 is 0. The first kappa shape index (κ1) is 12.2. The maximum absolute atomic E-state index is 6.41. The van der Waals surface area contributed by atoms with E-state index in [4.69, 9.17) is 5.73 Å². The molecule has 98 valence electrons. The van der Waals surface area contributed by atoms with Gasteiger partial charge in [0.25, 0.3) is 0 Å². The summed E-state index contributed by atoms with van der Waals surface area (Å²) in [4.78, 5) is 2.50. The molecule has 1 aliphatic heterocycles. The van der Waals surface area contributed by atoms with E-state index in [0.29, 0.717) is 0 Å². The summed E-state index contributed by atoms with van der Waals surface area (Å²) in [5.41, 5.74) is 12.3. The highest BCUT2D eigenvalue weighted by molar-refractivity contribution is 5.37. The first-order valence-corrected chi connectivity index (χ1v) is 7.06. The topological polar surface area (TPSA) is 29.3 Å². The standard InChI is InChI=1S/C16H24N2/c1-11-6-12(2)15(13(3)7-11)8-18-9-16(17,10-18)14-4-5-14/h6-7,14H,4-5,8-10,17H2,1-3H3. The average Bonchev–Trinajstić information content (AvgIpc) is 3.03. The Hall–Kier alpha value is -0.860. The molecule has 2 N–H and O–H groups in total. The third-order valence-corrected chi connectivity index (χ3v) is 4.65. The van der Waals surface area contributed by atoms with Gasteiger partial charge in [0.05, 0.1) is 0 Å². The fraction of sp³-hybridized carbons (Fsp3) is 0.625. The van der Waals surface area contributed by atoms with Gasteiger partial charge in [-0.1, -0.05) is 17.7 Å². The van der Waals surface area contributed by atoms with Crippen LogP contribution in [0.25, 0.3) is 0 Å². The zero-order valence-electron chi connectivity index (χ0n) is 11.8. The Morgan fingerprint density at radius 1 is 1.17 bits per heavy atom. The molecule has 1 aromatic carbocycles. The molecule has 1 saturated carbocycles. The van der Waals surface area contributed by atoms with E-state index in [9.17, 15) is 0 Å². The van der Waals surface area contributed by atoms with E-state index >= 15 is 0 Å². The molecular formula is C16H24N2. The number of hydrogen-bond donors (Lipinski definition) is 1. The molecule has 0 spiro atoms. The Labute approximate surface area is 110 Å². The lowest BCUT2D eigenvalue weighted by Gasteiger charge is -2.48. The Morgan fingerprint density at radius 3 is 2.22 bits per heavy atom. The SMILES string of the molecule is Cc1cc(C)c(CN2CC(N)(C3CC3)C2)c(C)c1. The van der Waals surface area contributed by atoms with Gasteiger partial charge in [-0.3, -0.25) is 4.90 Å². The lowest BCUT2D eigenvalue weighted by molar-refractivity contribution is 0.0475. The van der Waals surface area contributed by atoms with Crippen molar-refractivity contribution in [2.24, 2.45) is 11.7 Å². The summed E-state index contributed by atoms with van der Waals surface area (Å²) in [6.45, 7) is 9.88. The zero-order valence-corrected chi connectivity index (χ0v) is 11.8. The highest BCUT2D eigenvalue weighted by Crippen LogP contribution is 2.43. The van der Waals surface area contributed by atoms with Crippen molar-refractivity contribution in [2.75, 3.05) is 13.1 Å². The summed E-state index contributed by atoms with van der Waals surface area (Å²) in [7, 11) is 0. The number of nitrogens with zero attached hydrogens (tertiary/aromatic N) is 1. The monoisotopic (exact) mass is 244 g/mol. The molecule has 1 aliphatic carbocycles. The molecule has 0 bridgehead atoms. The van der Waals surface area contributed by atoms with Crippen LogP contribution < -0.4 is 5.73 Å². The highest BCUT2D eigenvalue weighted by atomic mass is 15.3. The normalized spacial score (nSPS) is 22.9. The van der Waals surface area contributed by atoms with E-state index in [-0.39, 0.29) is 5.54 Å². The maximum atomic E-state index is 6.41. The average molecular weight is 244 g/mol. The molecule has 1 heterocycles. The van der Waals surface area contributed by atoms with E-state index in [0.717, 1.165) is 25.6 Å². The summed E-state index contributed by atoms with van der Waals surface area (Å²) in [6, 6.07) is 4.58. The van der Waals surface area contributed by atoms with Gasteiger partial charge in [0, 0.05) is 25.2 Å². The third kappa shape index (κ3) is 2.08. The van der Waals surface area contributed by atoms with Crippen molar-refractivity contribution in [3.8, 4) is 0 Å². The Morgan fingerprint density at radius 2 is 1.72 bits per heavy atom. The van der Waals surface area contributed by atoms with Crippen LogP contribution in [0, 0.1) is 26.7 Å². The van der Waals surface area contributed by atoms with Gasteiger partial charge < -0.3 is 5.73 Å². The number of likely N-dealkylation sites (tertiary alicyclic amines) is 1. The van der Waals surface area contributed by atoms with Gasteiger partial charge in [-0.2, -0.15) is 0 Å². The highest BCUT2D eigenvalue weighted by Gasteiger charge is 2.49. The molecule has 18 heavy (non-hydrogen) atoms. The predicted octanol–water partition coefficient (Wildman–Crippen LogP) is 2.53. The lowest BCUT2D eigenvalue weighted by Crippen LogP contribution is -2.68. The van der Waals surface area contributed by atoms with E-state index in [2.05, 4.69) is 37.8 Å². The van der Waals surface area contributed by atoms with Crippen LogP contribution >= 0.6 is 0 Å². The van der Waals surface area contributed by atoms with E-state index in [1.165, 1.54) is 35.1 Å². The molecule has 2 aliphatic rings. The largest absolute Gasteiger partial charge is 0.323 e. The molecular weight excluding hydrogens is 220 g/mol. The molecule has 3 rings (SSSR count). The van der Waals surface area contributed by atoms with Gasteiger partial charge in [0.1, 0.15) is 0 Å². The van der Waals surface area contributed by atoms with Gasteiger partial charge in [0.15, 0.2) is 0 Å². The summed E-state index contributed by atoms with van der Waals surface area (Å²) in [5.74, 6) is 0.814. The Balaban J connectivity index is 1.68. The second-order valence-electron chi connectivity index (χ2n) is 6.53. The fourth-order valence-corrected chi connectivity index (χ4v) is 3.50. The van der Waals surface area contributed by atoms with Gasteiger partial charge >= 0.3 is 0 Å². The Kier molecular flexibility index (Phi) is 2.76. The number of aryl methyl sites for hydroxylation is 3. The van der Waals surface area contributed by atoms with Crippen LogP contribution in [0.5, 0.6) is 0 Å². The third-order valence-electron chi connectivity index (χ3n) is 4.65. The van der Waals surface area contributed by atoms with Gasteiger partial charge in [-0.05, 0) is 56.2 Å². The molecule has 0 unspecified atom stereocenters. The van der Waals surface area contributed by atoms with E-state index < -0.39 is 0 Å². The summed E-state index contributed by atoms with van der Waals surface area (Å²) in [5, 5.41) is 0. The summed E-state index contributed by atoms with van der Waals surface area (Å²) in [6.07, 6.45) is 2.71. The van der Waals surface area contributed by atoms with E-state index in [1.54, 1.807) is 0 Å². The predicted molar refractivity (Wildman–Crippen MR) is 75.6 cm³/mol. The van der Waals surface area contributed by atoms with Crippen LogP contribution in [0.1, 0.15) is 35.1 Å². The molecule has 0 atom stereocenters. The quantitative estimate of drug-likeness (QED) is 0.885. The smallest absolute Gasteiger partial charge is 0.0441 e. The van der Waals surface area contributed by atoms with Gasteiger partial charge in [-0.15, -0.1) is 0 Å². The van der Waals surface area contributed by atoms with Crippen molar-refractivity contribution in [3.63, 3.8) is 0 Å². The van der Waals surface area contributed by atoms with Crippen LogP contribution in [0.3, 0.4) is 0 Å². The Bertz CT molecular complexity index is 445. The molecule has 1 aromatic rings. The first-order chi connectivity index (χ1) is 8.48. The lowest BCUT2D eigenvalue weighted by atomic mass is 9.85. The van der Waals surface area contributed by atoms with Crippen molar-refractivity contribution >= 4 is 0 Å². The van der Waals surface area contributed by atoms with Crippen molar-refractivity contribution in [3.05, 3.63) is 34.4 Å². The maximum Gasteiger partial charge on any atom is 0.0441 e. The van der Waals surface area contributed by atoms with Gasteiger partial charge in [0.2, 0.25) is 0 Å². The van der Waals surface area contributed by atoms with Crippen LogP contribution in [0.15, 0.2) is 12.1 Å². The van der Waals surface area contributed by atoms with Crippen LogP contribution in [-0.4, -0.2) is 23.5 Å². The number of nitrogens with two attached hydrogens (primary N) is 1. The molecule has 2 nitrogen and oxygen atoms in total. The second-order valence-corrected chi connectivity index (χ2v) is 6.53. The molecule has 0 radical (unpaired) electrons. The van der Waals surface area contributed by atoms with Crippen LogP contribution in [0.4, 0.5) is 0 Å². The van der Waals surface area contributed by atoms with Crippen molar-refractivity contribution in [2.45, 2.75) is 45.7 Å². The summed E-state index contributed by atoms with van der Waals surface area (Å²) < 4.78 is 0. The molecule has 1 saturated heterocycles. The number of benzene rings is 1. The molecule has 0 aromatic heterocycles. The molecule has 2 fully saturated rings. The van der Waals surface area contributed by atoms with Crippen LogP contribution in [0.2, 0.25) is 0 Å². The van der Waals surface area contributed by atoms with Crippen molar-refractivity contribution < 1.29 is 0 Å². The number of hydrogen-bond acceptors (Lipinski definition) is 2. The number of rotatable bonds is 3. The zero-order chi connectivity index (χ0) is 12.9. The fourth-order valence-electron chi connectivity index (χ4n) is 3.50.